The second-order valence-electron chi connectivity index (χ2n) is 9.29. The minimum atomic E-state index is -3.82. The van der Waals surface area contributed by atoms with Crippen LogP contribution in [0.25, 0.3) is 0 Å². The lowest BCUT2D eigenvalue weighted by Gasteiger charge is -2.50. The number of ether oxygens (including phenoxy) is 3. The van der Waals surface area contributed by atoms with E-state index < -0.39 is 27.5 Å². The van der Waals surface area contributed by atoms with Crippen LogP contribution in [0.15, 0.2) is 29.2 Å². The maximum atomic E-state index is 13.6. The third-order valence-electron chi connectivity index (χ3n) is 7.19. The van der Waals surface area contributed by atoms with Crippen LogP contribution in [0.5, 0.6) is 5.75 Å². The minimum absolute atomic E-state index is 0.0644. The molecule has 31 heavy (non-hydrogen) atoms. The lowest BCUT2D eigenvalue weighted by Crippen LogP contribution is -2.62. The van der Waals surface area contributed by atoms with Gasteiger partial charge in [-0.2, -0.15) is 8.78 Å². The van der Waals surface area contributed by atoms with Gasteiger partial charge in [-0.05, 0) is 63.0 Å². The predicted octanol–water partition coefficient (Wildman–Crippen LogP) is 2.02. The first-order valence-electron chi connectivity index (χ1n) is 10.8. The first kappa shape index (κ1) is 21.5. The summed E-state index contributed by atoms with van der Waals surface area (Å²) in [5.41, 5.74) is -1.28. The standard InChI is InChI=1S/C21H28F2N2O5S/c22-19(23)29-15-1-3-16(4-2-15)31(26,27)18-17(11-21(30-18)5-8-24-9-6-21)25-12-20(13-25)7-10-28-14-20/h1-4,17-19,24H,5-14H2. The summed E-state index contributed by atoms with van der Waals surface area (Å²) >= 11 is 0. The Morgan fingerprint density at radius 2 is 1.84 bits per heavy atom. The maximum absolute atomic E-state index is 13.6. The van der Waals surface area contributed by atoms with Crippen LogP contribution in [0.3, 0.4) is 0 Å². The smallest absolute Gasteiger partial charge is 0.387 e. The Labute approximate surface area is 180 Å². The summed E-state index contributed by atoms with van der Waals surface area (Å²) in [6, 6.07) is 4.94. The molecular weight excluding hydrogens is 430 g/mol. The highest BCUT2D eigenvalue weighted by Gasteiger charge is 2.58. The van der Waals surface area contributed by atoms with Crippen molar-refractivity contribution >= 4 is 9.84 Å². The quantitative estimate of drug-likeness (QED) is 0.724. The van der Waals surface area contributed by atoms with Gasteiger partial charge >= 0.3 is 6.61 Å². The number of alkyl halides is 2. The molecule has 1 N–H and O–H groups in total. The molecule has 0 aromatic heterocycles. The number of hydrogen-bond donors (Lipinski definition) is 1. The highest BCUT2D eigenvalue weighted by molar-refractivity contribution is 7.92. The van der Waals surface area contributed by atoms with Gasteiger partial charge in [-0.25, -0.2) is 8.42 Å². The van der Waals surface area contributed by atoms with E-state index in [2.05, 4.69) is 15.0 Å². The minimum Gasteiger partial charge on any atom is -0.435 e. The van der Waals surface area contributed by atoms with Crippen LogP contribution in [0, 0.1) is 5.41 Å². The number of sulfone groups is 1. The van der Waals surface area contributed by atoms with Crippen molar-refractivity contribution in [3.8, 4) is 5.75 Å². The highest BCUT2D eigenvalue weighted by atomic mass is 32.2. The van der Waals surface area contributed by atoms with E-state index in [0.29, 0.717) is 6.42 Å². The average molecular weight is 459 g/mol. The molecule has 0 amide bonds. The fourth-order valence-electron chi connectivity index (χ4n) is 5.52. The van der Waals surface area contributed by atoms with Gasteiger partial charge in [0.25, 0.3) is 0 Å². The number of piperidine rings is 1. The van der Waals surface area contributed by atoms with Crippen molar-refractivity contribution < 1.29 is 31.4 Å². The van der Waals surface area contributed by atoms with Crippen molar-refractivity contribution in [3.63, 3.8) is 0 Å². The summed E-state index contributed by atoms with van der Waals surface area (Å²) in [5, 5.41) is 3.32. The van der Waals surface area contributed by atoms with Gasteiger partial charge in [0, 0.05) is 25.1 Å². The molecule has 0 aliphatic carbocycles. The molecule has 1 aromatic rings. The van der Waals surface area contributed by atoms with E-state index in [0.717, 1.165) is 58.7 Å². The van der Waals surface area contributed by atoms with Crippen LogP contribution in [-0.4, -0.2) is 76.4 Å². The van der Waals surface area contributed by atoms with Gasteiger partial charge in [0.2, 0.25) is 9.84 Å². The van der Waals surface area contributed by atoms with Gasteiger partial charge in [-0.15, -0.1) is 0 Å². The van der Waals surface area contributed by atoms with Gasteiger partial charge < -0.3 is 19.5 Å². The van der Waals surface area contributed by atoms with Gasteiger partial charge in [0.1, 0.15) is 5.75 Å². The number of nitrogens with one attached hydrogen (secondary N) is 1. The lowest BCUT2D eigenvalue weighted by atomic mass is 9.77. The normalized spacial score (nSPS) is 30.2. The van der Waals surface area contributed by atoms with Gasteiger partial charge in [-0.1, -0.05) is 0 Å². The molecule has 5 rings (SSSR count). The van der Waals surface area contributed by atoms with Crippen molar-refractivity contribution in [3.05, 3.63) is 24.3 Å². The number of likely N-dealkylation sites (tertiary alicyclic amines) is 1. The van der Waals surface area contributed by atoms with Gasteiger partial charge in [0.05, 0.1) is 23.1 Å². The number of halogens is 2. The van der Waals surface area contributed by atoms with E-state index in [-0.39, 0.29) is 22.1 Å². The van der Waals surface area contributed by atoms with Crippen LogP contribution in [0.4, 0.5) is 8.78 Å². The first-order chi connectivity index (χ1) is 14.8. The molecule has 10 heteroatoms. The largest absolute Gasteiger partial charge is 0.435 e. The van der Waals surface area contributed by atoms with Crippen molar-refractivity contribution in [1.29, 1.82) is 0 Å². The van der Waals surface area contributed by atoms with Gasteiger partial charge in [0.15, 0.2) is 5.44 Å². The third-order valence-corrected chi connectivity index (χ3v) is 9.14. The Kier molecular flexibility index (Phi) is 5.49. The molecule has 2 spiro atoms. The van der Waals surface area contributed by atoms with Crippen LogP contribution < -0.4 is 10.1 Å². The number of hydrogen-bond acceptors (Lipinski definition) is 7. The summed E-state index contributed by atoms with van der Waals surface area (Å²) < 4.78 is 68.3. The molecule has 0 radical (unpaired) electrons. The third kappa shape index (κ3) is 3.97. The Morgan fingerprint density at radius 3 is 2.45 bits per heavy atom. The summed E-state index contributed by atoms with van der Waals surface area (Å²) in [7, 11) is -3.82. The molecule has 2 atom stereocenters. The number of rotatable bonds is 5. The molecular formula is C21H28F2N2O5S. The van der Waals surface area contributed by atoms with E-state index in [4.69, 9.17) is 9.47 Å². The Hall–Kier alpha value is -1.33. The molecule has 7 nitrogen and oxygen atoms in total. The van der Waals surface area contributed by atoms with E-state index >= 15 is 0 Å². The second kappa shape index (κ2) is 7.91. The lowest BCUT2D eigenvalue weighted by molar-refractivity contribution is -0.0542. The molecule has 0 bridgehead atoms. The zero-order chi connectivity index (χ0) is 21.7. The zero-order valence-corrected chi connectivity index (χ0v) is 18.1. The first-order valence-corrected chi connectivity index (χ1v) is 12.3. The second-order valence-corrected chi connectivity index (χ2v) is 11.3. The molecule has 4 aliphatic heterocycles. The molecule has 1 aromatic carbocycles. The summed E-state index contributed by atoms with van der Waals surface area (Å²) in [4.78, 5) is 2.30. The van der Waals surface area contributed by atoms with Crippen molar-refractivity contribution in [2.75, 3.05) is 39.4 Å². The molecule has 4 fully saturated rings. The summed E-state index contributed by atoms with van der Waals surface area (Å²) in [6.07, 6.45) is 3.24. The zero-order valence-electron chi connectivity index (χ0n) is 17.3. The van der Waals surface area contributed by atoms with Crippen molar-refractivity contribution in [2.45, 2.75) is 54.3 Å². The molecule has 4 heterocycles. The van der Waals surface area contributed by atoms with Crippen LogP contribution in [0.1, 0.15) is 25.7 Å². The van der Waals surface area contributed by atoms with Crippen molar-refractivity contribution in [2.24, 2.45) is 5.41 Å². The number of benzene rings is 1. The maximum Gasteiger partial charge on any atom is 0.387 e. The summed E-state index contributed by atoms with van der Waals surface area (Å²) in [5.74, 6) is -0.0708. The van der Waals surface area contributed by atoms with E-state index in [9.17, 15) is 17.2 Å². The Bertz CT molecular complexity index is 891. The molecule has 172 valence electrons. The highest BCUT2D eigenvalue weighted by Crippen LogP contribution is 2.48. The fourth-order valence-corrected chi connectivity index (χ4v) is 7.32. The Morgan fingerprint density at radius 1 is 1.13 bits per heavy atom. The predicted molar refractivity (Wildman–Crippen MR) is 108 cm³/mol. The van der Waals surface area contributed by atoms with Crippen LogP contribution in [0.2, 0.25) is 0 Å². The SMILES string of the molecule is O=S(=O)(c1ccc(OC(F)F)cc1)C1OC2(CCNCC2)CC1N1CC2(CCOC2)C1. The average Bonchev–Trinajstić information content (AvgIpc) is 3.33. The van der Waals surface area contributed by atoms with E-state index in [1.54, 1.807) is 0 Å². The van der Waals surface area contributed by atoms with E-state index in [1.165, 1.54) is 24.3 Å². The van der Waals surface area contributed by atoms with Gasteiger partial charge in [-0.3, -0.25) is 4.90 Å². The molecule has 2 unspecified atom stereocenters. The molecule has 0 saturated carbocycles. The number of nitrogens with zero attached hydrogens (tertiary/aromatic N) is 1. The summed E-state index contributed by atoms with van der Waals surface area (Å²) in [6.45, 7) is 1.79. The molecule has 4 saturated heterocycles. The monoisotopic (exact) mass is 458 g/mol. The fraction of sp³-hybridized carbons (Fsp3) is 0.714. The van der Waals surface area contributed by atoms with E-state index in [1.807, 2.05) is 0 Å². The molecule has 4 aliphatic rings. The van der Waals surface area contributed by atoms with Crippen molar-refractivity contribution in [1.82, 2.24) is 10.2 Å². The Balaban J connectivity index is 1.40. The topological polar surface area (TPSA) is 77.1 Å². The van der Waals surface area contributed by atoms with Crippen LogP contribution >= 0.6 is 0 Å². The van der Waals surface area contributed by atoms with Crippen LogP contribution in [-0.2, 0) is 19.3 Å².